The van der Waals surface area contributed by atoms with E-state index in [1.54, 1.807) is 6.08 Å². The summed E-state index contributed by atoms with van der Waals surface area (Å²) in [7, 11) is 0. The van der Waals surface area contributed by atoms with E-state index >= 15 is 0 Å². The Morgan fingerprint density at radius 2 is 2.18 bits per heavy atom. The summed E-state index contributed by atoms with van der Waals surface area (Å²) in [5, 5.41) is 0. The molecule has 1 heterocycles. The molecule has 1 unspecified atom stereocenters. The summed E-state index contributed by atoms with van der Waals surface area (Å²) in [6.07, 6.45) is 5.45. The number of nitrogens with zero attached hydrogens (tertiary/aromatic N) is 1. The maximum Gasteiger partial charge on any atom is 0.197 e. The van der Waals surface area contributed by atoms with Gasteiger partial charge in [0.25, 0.3) is 0 Å². The highest BCUT2D eigenvalue weighted by atomic mass is 16.1. The molecule has 84 valence electrons. The van der Waals surface area contributed by atoms with Crippen LogP contribution in [0.1, 0.15) is 15.9 Å². The van der Waals surface area contributed by atoms with Gasteiger partial charge in [-0.15, -0.1) is 0 Å². The van der Waals surface area contributed by atoms with Crippen LogP contribution in [-0.4, -0.2) is 17.5 Å². The minimum absolute atomic E-state index is 0.0218. The fourth-order valence-electron chi connectivity index (χ4n) is 2.16. The first-order chi connectivity index (χ1) is 8.16. The predicted molar refractivity (Wildman–Crippen MR) is 67.8 cm³/mol. The molecule has 0 saturated carbocycles. The Labute approximate surface area is 99.4 Å². The van der Waals surface area contributed by atoms with Crippen molar-refractivity contribution in [3.8, 4) is 0 Å². The molecule has 0 amide bonds. The zero-order valence-electron chi connectivity index (χ0n) is 9.47. The van der Waals surface area contributed by atoms with Crippen molar-refractivity contribution in [1.82, 2.24) is 0 Å². The first-order valence-electron chi connectivity index (χ1n) is 5.55. The van der Waals surface area contributed by atoms with Crippen molar-refractivity contribution in [3.05, 3.63) is 53.1 Å². The number of Topliss-reactive ketones (excluding diaryl/α,β-unsaturated/α-hetero) is 1. The number of rotatable bonds is 0. The Kier molecular flexibility index (Phi) is 2.09. The molecule has 17 heavy (non-hydrogen) atoms. The van der Waals surface area contributed by atoms with Crippen LogP contribution in [0.15, 0.2) is 47.0 Å². The summed E-state index contributed by atoms with van der Waals surface area (Å²) < 4.78 is 0. The van der Waals surface area contributed by atoms with Crippen LogP contribution in [0, 0.1) is 6.92 Å². The number of ketones is 1. The molecule has 1 aromatic rings. The number of carbonyl (C=O) groups excluding carboxylic acids is 1. The second kappa shape index (κ2) is 3.50. The first-order valence-corrected chi connectivity index (χ1v) is 5.55. The molecule has 0 bridgehead atoms. The molecule has 0 saturated heterocycles. The van der Waals surface area contributed by atoms with Crippen molar-refractivity contribution >= 4 is 17.2 Å². The van der Waals surface area contributed by atoms with Crippen LogP contribution in [-0.2, 0) is 0 Å². The number of nitrogens with two attached hydrogens (primary N) is 1. The molecular formula is C14H12N2O. The average molecular weight is 224 g/mol. The predicted octanol–water partition coefficient (Wildman–Crippen LogP) is 2.09. The molecule has 1 atom stereocenters. The van der Waals surface area contributed by atoms with Crippen LogP contribution in [0.2, 0.25) is 0 Å². The van der Waals surface area contributed by atoms with E-state index in [4.69, 9.17) is 5.73 Å². The Bertz CT molecular complexity index is 609. The van der Waals surface area contributed by atoms with Crippen molar-refractivity contribution in [2.75, 3.05) is 0 Å². The normalized spacial score (nSPS) is 21.5. The highest BCUT2D eigenvalue weighted by molar-refractivity contribution is 6.34. The summed E-state index contributed by atoms with van der Waals surface area (Å²) in [6.45, 7) is 1.97. The number of benzene rings is 1. The molecule has 1 aliphatic heterocycles. The van der Waals surface area contributed by atoms with Gasteiger partial charge in [0.1, 0.15) is 0 Å². The molecule has 0 fully saturated rings. The van der Waals surface area contributed by atoms with Crippen LogP contribution in [0.4, 0.5) is 5.69 Å². The van der Waals surface area contributed by atoms with Gasteiger partial charge >= 0.3 is 0 Å². The third-order valence-corrected chi connectivity index (χ3v) is 3.06. The highest BCUT2D eigenvalue weighted by Crippen LogP contribution is 2.31. The number of allylic oxidation sites excluding steroid dienone is 2. The molecule has 3 rings (SSSR count). The maximum absolute atomic E-state index is 12.3. The zero-order valence-corrected chi connectivity index (χ0v) is 9.47. The Hall–Kier alpha value is -2.00. The molecule has 0 radical (unpaired) electrons. The maximum atomic E-state index is 12.3. The van der Waals surface area contributed by atoms with E-state index in [1.165, 1.54) is 0 Å². The lowest BCUT2D eigenvalue weighted by atomic mass is 9.88. The number of carbonyl (C=O) groups is 1. The quantitative estimate of drug-likeness (QED) is 0.733. The minimum Gasteiger partial charge on any atom is -0.319 e. The lowest BCUT2D eigenvalue weighted by Gasteiger charge is -2.22. The van der Waals surface area contributed by atoms with E-state index in [9.17, 15) is 4.79 Å². The summed E-state index contributed by atoms with van der Waals surface area (Å²) in [5.74, 6) is 0.0218. The molecule has 2 N–H and O–H groups in total. The van der Waals surface area contributed by atoms with Crippen LogP contribution < -0.4 is 5.73 Å². The number of hydrogen-bond donors (Lipinski definition) is 1. The van der Waals surface area contributed by atoms with Gasteiger partial charge in [0.05, 0.1) is 17.4 Å². The van der Waals surface area contributed by atoms with Crippen LogP contribution >= 0.6 is 0 Å². The summed E-state index contributed by atoms with van der Waals surface area (Å²) in [5.41, 5.74) is 9.68. The van der Waals surface area contributed by atoms with Gasteiger partial charge in [-0.3, -0.25) is 4.79 Å². The fourth-order valence-corrected chi connectivity index (χ4v) is 2.16. The second-order valence-corrected chi connectivity index (χ2v) is 4.34. The lowest BCUT2D eigenvalue weighted by molar-refractivity contribution is 0.103. The second-order valence-electron chi connectivity index (χ2n) is 4.34. The molecule has 0 aromatic heterocycles. The van der Waals surface area contributed by atoms with E-state index in [0.717, 1.165) is 11.3 Å². The van der Waals surface area contributed by atoms with E-state index in [2.05, 4.69) is 4.99 Å². The minimum atomic E-state index is -0.284. The van der Waals surface area contributed by atoms with E-state index < -0.39 is 0 Å². The topological polar surface area (TPSA) is 55.5 Å². The van der Waals surface area contributed by atoms with Gasteiger partial charge in [0.15, 0.2) is 5.78 Å². The monoisotopic (exact) mass is 224 g/mol. The smallest absolute Gasteiger partial charge is 0.197 e. The molecule has 3 nitrogen and oxygen atoms in total. The van der Waals surface area contributed by atoms with Gasteiger partial charge in [-0.05, 0) is 25.1 Å². The first kappa shape index (κ1) is 10.2. The van der Waals surface area contributed by atoms with Gasteiger partial charge in [-0.2, -0.15) is 0 Å². The Morgan fingerprint density at radius 3 is 3.00 bits per heavy atom. The average Bonchev–Trinajstić information content (AvgIpc) is 2.32. The number of aliphatic imine (C=N–C) groups is 1. The summed E-state index contributed by atoms with van der Waals surface area (Å²) >= 11 is 0. The van der Waals surface area contributed by atoms with Crippen molar-refractivity contribution in [2.45, 2.75) is 13.0 Å². The van der Waals surface area contributed by atoms with Gasteiger partial charge in [-0.25, -0.2) is 4.99 Å². The van der Waals surface area contributed by atoms with E-state index in [1.807, 2.05) is 37.3 Å². The Balaban J connectivity index is 2.25. The van der Waals surface area contributed by atoms with Crippen molar-refractivity contribution in [1.29, 1.82) is 0 Å². The third-order valence-electron chi connectivity index (χ3n) is 3.06. The van der Waals surface area contributed by atoms with Crippen molar-refractivity contribution < 1.29 is 4.79 Å². The van der Waals surface area contributed by atoms with E-state index in [0.29, 0.717) is 16.8 Å². The van der Waals surface area contributed by atoms with Crippen molar-refractivity contribution in [2.24, 2.45) is 10.7 Å². The molecule has 1 aromatic carbocycles. The van der Waals surface area contributed by atoms with Crippen LogP contribution in [0.25, 0.3) is 0 Å². The fraction of sp³-hybridized carbons (Fsp3) is 0.143. The van der Waals surface area contributed by atoms with Gasteiger partial charge < -0.3 is 5.73 Å². The summed E-state index contributed by atoms with van der Waals surface area (Å²) in [4.78, 5) is 16.8. The van der Waals surface area contributed by atoms with Gasteiger partial charge in [0, 0.05) is 11.1 Å². The molecule has 3 heteroatoms. The number of fused-ring (bicyclic) bond motifs is 2. The van der Waals surface area contributed by atoms with E-state index in [-0.39, 0.29) is 11.8 Å². The van der Waals surface area contributed by atoms with Crippen molar-refractivity contribution in [3.63, 3.8) is 0 Å². The molecule has 2 aliphatic rings. The zero-order chi connectivity index (χ0) is 12.0. The SMILES string of the molecule is Cc1ccc2c(c1)C(=O)C1=CC=CC(N)C1=N2. The Morgan fingerprint density at radius 1 is 1.35 bits per heavy atom. The molecule has 1 aliphatic carbocycles. The lowest BCUT2D eigenvalue weighted by Crippen LogP contribution is -2.35. The molecule has 0 spiro atoms. The standard InChI is InChI=1S/C14H12N2O/c1-8-5-6-12-10(7-8)14(17)9-3-2-4-11(15)13(9)16-12/h2-7,11H,15H2,1H3. The largest absolute Gasteiger partial charge is 0.319 e. The summed E-state index contributed by atoms with van der Waals surface area (Å²) in [6, 6.07) is 5.42. The van der Waals surface area contributed by atoms with Gasteiger partial charge in [-0.1, -0.05) is 23.8 Å². The third kappa shape index (κ3) is 1.47. The van der Waals surface area contributed by atoms with Crippen LogP contribution in [0.3, 0.4) is 0 Å². The molecular weight excluding hydrogens is 212 g/mol. The number of aryl methyl sites for hydroxylation is 1. The van der Waals surface area contributed by atoms with Gasteiger partial charge in [0.2, 0.25) is 0 Å². The number of hydrogen-bond acceptors (Lipinski definition) is 3. The van der Waals surface area contributed by atoms with Crippen LogP contribution in [0.5, 0.6) is 0 Å². The highest BCUT2D eigenvalue weighted by Gasteiger charge is 2.29.